The van der Waals surface area contributed by atoms with Gasteiger partial charge in [0.2, 0.25) is 6.29 Å². The number of ether oxygens (including phenoxy) is 2. The molecular formula is C10H16N2O3. The van der Waals surface area contributed by atoms with Gasteiger partial charge in [0.15, 0.2) is 5.78 Å². The van der Waals surface area contributed by atoms with E-state index in [1.54, 1.807) is 6.20 Å². The molecule has 0 spiro atoms. The van der Waals surface area contributed by atoms with Crippen molar-refractivity contribution in [3.8, 4) is 0 Å². The van der Waals surface area contributed by atoms with Gasteiger partial charge in [0, 0.05) is 33.2 Å². The fourth-order valence-electron chi connectivity index (χ4n) is 1.39. The molecule has 0 aliphatic rings. The van der Waals surface area contributed by atoms with Gasteiger partial charge >= 0.3 is 0 Å². The Kier molecular flexibility index (Phi) is 4.45. The summed E-state index contributed by atoms with van der Waals surface area (Å²) < 4.78 is 11.7. The number of ketones is 1. The van der Waals surface area contributed by atoms with Gasteiger partial charge in [0.05, 0.1) is 6.42 Å². The number of aromatic nitrogens is 2. The number of imidazole rings is 1. The number of aryl methyl sites for hydroxylation is 1. The highest BCUT2D eigenvalue weighted by atomic mass is 16.7. The van der Waals surface area contributed by atoms with Gasteiger partial charge in [-0.05, 0) is 6.92 Å². The maximum atomic E-state index is 11.6. The van der Waals surface area contributed by atoms with E-state index in [0.29, 0.717) is 0 Å². The lowest BCUT2D eigenvalue weighted by Crippen LogP contribution is -2.27. The van der Waals surface area contributed by atoms with E-state index < -0.39 is 6.29 Å². The molecule has 0 aliphatic heterocycles. The van der Waals surface area contributed by atoms with Crippen LogP contribution in [-0.4, -0.2) is 35.8 Å². The first kappa shape index (κ1) is 11.9. The molecule has 0 aliphatic carbocycles. The largest absolute Gasteiger partial charge is 0.349 e. The maximum absolute atomic E-state index is 11.6. The normalized spacial score (nSPS) is 10.9. The number of nitrogens with zero attached hydrogens (tertiary/aromatic N) is 2. The molecule has 1 aromatic heterocycles. The molecule has 0 radical (unpaired) electrons. The SMILES string of the molecule is CCn1ccnc1CC(=O)C(OC)OC. The van der Waals surface area contributed by atoms with Crippen LogP contribution < -0.4 is 0 Å². The molecule has 1 rings (SSSR count). The van der Waals surface area contributed by atoms with Gasteiger partial charge in [-0.25, -0.2) is 4.98 Å². The van der Waals surface area contributed by atoms with Crippen molar-refractivity contribution in [1.29, 1.82) is 0 Å². The minimum atomic E-state index is -0.799. The van der Waals surface area contributed by atoms with Crippen LogP contribution >= 0.6 is 0 Å². The lowest BCUT2D eigenvalue weighted by atomic mass is 10.2. The molecule has 0 N–H and O–H groups in total. The Hall–Kier alpha value is -1.20. The fourth-order valence-corrected chi connectivity index (χ4v) is 1.39. The van der Waals surface area contributed by atoms with E-state index in [9.17, 15) is 4.79 Å². The van der Waals surface area contributed by atoms with Crippen molar-refractivity contribution in [1.82, 2.24) is 9.55 Å². The average molecular weight is 212 g/mol. The Morgan fingerprint density at radius 2 is 2.20 bits per heavy atom. The Bertz CT molecular complexity index is 318. The first-order chi connectivity index (χ1) is 7.22. The lowest BCUT2D eigenvalue weighted by molar-refractivity contribution is -0.156. The highest BCUT2D eigenvalue weighted by Gasteiger charge is 2.18. The predicted molar refractivity (Wildman–Crippen MR) is 54.4 cm³/mol. The number of methoxy groups -OCH3 is 2. The van der Waals surface area contributed by atoms with Crippen LogP contribution in [-0.2, 0) is 27.2 Å². The average Bonchev–Trinajstić information content (AvgIpc) is 2.67. The number of rotatable bonds is 6. The summed E-state index contributed by atoms with van der Waals surface area (Å²) >= 11 is 0. The number of hydrogen-bond donors (Lipinski definition) is 0. The van der Waals surface area contributed by atoms with Crippen molar-refractivity contribution in [3.63, 3.8) is 0 Å². The second-order valence-electron chi connectivity index (χ2n) is 3.08. The van der Waals surface area contributed by atoms with E-state index in [2.05, 4.69) is 4.98 Å². The maximum Gasteiger partial charge on any atom is 0.217 e. The molecule has 0 aromatic carbocycles. The Morgan fingerprint density at radius 1 is 1.53 bits per heavy atom. The van der Waals surface area contributed by atoms with E-state index in [-0.39, 0.29) is 12.2 Å². The van der Waals surface area contributed by atoms with E-state index in [4.69, 9.17) is 9.47 Å². The van der Waals surface area contributed by atoms with Crippen molar-refractivity contribution in [2.45, 2.75) is 26.2 Å². The summed E-state index contributed by atoms with van der Waals surface area (Å²) in [7, 11) is 2.89. The zero-order valence-electron chi connectivity index (χ0n) is 9.27. The summed E-state index contributed by atoms with van der Waals surface area (Å²) in [5.41, 5.74) is 0. The van der Waals surface area contributed by atoms with Gasteiger partial charge in [0.1, 0.15) is 5.82 Å². The Morgan fingerprint density at radius 3 is 2.73 bits per heavy atom. The van der Waals surface area contributed by atoms with Crippen molar-refractivity contribution in [2.24, 2.45) is 0 Å². The molecule has 0 fully saturated rings. The summed E-state index contributed by atoms with van der Waals surface area (Å²) in [5.74, 6) is 0.613. The quantitative estimate of drug-likeness (QED) is 0.649. The minimum absolute atomic E-state index is 0.124. The summed E-state index contributed by atoms with van der Waals surface area (Å²) in [6, 6.07) is 0. The van der Waals surface area contributed by atoms with Crippen molar-refractivity contribution in [3.05, 3.63) is 18.2 Å². The molecule has 0 amide bonds. The second-order valence-corrected chi connectivity index (χ2v) is 3.08. The molecule has 15 heavy (non-hydrogen) atoms. The van der Waals surface area contributed by atoms with E-state index in [1.165, 1.54) is 14.2 Å². The summed E-state index contributed by atoms with van der Waals surface area (Å²) in [6.07, 6.45) is 2.96. The second kappa shape index (κ2) is 5.63. The molecule has 0 saturated carbocycles. The zero-order chi connectivity index (χ0) is 11.3. The van der Waals surface area contributed by atoms with Crippen LogP contribution in [0.2, 0.25) is 0 Å². The highest BCUT2D eigenvalue weighted by Crippen LogP contribution is 2.03. The van der Waals surface area contributed by atoms with Crippen LogP contribution in [0, 0.1) is 0 Å². The molecule has 0 atom stereocenters. The molecule has 0 saturated heterocycles. The van der Waals surface area contributed by atoms with Crippen LogP contribution in [0.15, 0.2) is 12.4 Å². The minimum Gasteiger partial charge on any atom is -0.349 e. The predicted octanol–water partition coefficient (Wildman–Crippen LogP) is 0.633. The third kappa shape index (κ3) is 2.87. The number of carbonyl (C=O) groups excluding carboxylic acids is 1. The summed E-state index contributed by atoms with van der Waals surface area (Å²) in [5, 5.41) is 0. The van der Waals surface area contributed by atoms with Crippen molar-refractivity contribution in [2.75, 3.05) is 14.2 Å². The first-order valence-corrected chi connectivity index (χ1v) is 4.81. The van der Waals surface area contributed by atoms with Crippen LogP contribution in [0.4, 0.5) is 0 Å². The standard InChI is InChI=1S/C10H16N2O3/c1-4-12-6-5-11-9(12)7-8(13)10(14-2)15-3/h5-6,10H,4,7H2,1-3H3. The number of hydrogen-bond acceptors (Lipinski definition) is 4. The van der Waals surface area contributed by atoms with Crippen LogP contribution in [0.25, 0.3) is 0 Å². The molecule has 5 heteroatoms. The van der Waals surface area contributed by atoms with Gasteiger partial charge in [0.25, 0.3) is 0 Å². The number of carbonyl (C=O) groups is 1. The molecule has 0 unspecified atom stereocenters. The van der Waals surface area contributed by atoms with Crippen molar-refractivity contribution < 1.29 is 14.3 Å². The molecule has 5 nitrogen and oxygen atoms in total. The first-order valence-electron chi connectivity index (χ1n) is 4.81. The smallest absolute Gasteiger partial charge is 0.217 e. The fraction of sp³-hybridized carbons (Fsp3) is 0.600. The van der Waals surface area contributed by atoms with Crippen LogP contribution in [0.3, 0.4) is 0 Å². The van der Waals surface area contributed by atoms with Gasteiger partial charge in [-0.15, -0.1) is 0 Å². The third-order valence-electron chi connectivity index (χ3n) is 2.17. The monoisotopic (exact) mass is 212 g/mol. The summed E-state index contributed by atoms with van der Waals surface area (Å²) in [6.45, 7) is 2.80. The topological polar surface area (TPSA) is 53.4 Å². The van der Waals surface area contributed by atoms with E-state index in [1.807, 2.05) is 17.7 Å². The molecule has 84 valence electrons. The number of Topliss-reactive ketones (excluding diaryl/α,β-unsaturated/α-hetero) is 1. The van der Waals surface area contributed by atoms with E-state index in [0.717, 1.165) is 12.4 Å². The summed E-state index contributed by atoms with van der Waals surface area (Å²) in [4.78, 5) is 15.7. The van der Waals surface area contributed by atoms with Gasteiger partial charge in [-0.1, -0.05) is 0 Å². The lowest BCUT2D eigenvalue weighted by Gasteiger charge is -2.11. The van der Waals surface area contributed by atoms with Gasteiger partial charge in [-0.2, -0.15) is 0 Å². The van der Waals surface area contributed by atoms with Gasteiger partial charge < -0.3 is 14.0 Å². The Labute approximate surface area is 89.0 Å². The van der Waals surface area contributed by atoms with E-state index >= 15 is 0 Å². The zero-order valence-corrected chi connectivity index (χ0v) is 9.27. The van der Waals surface area contributed by atoms with Crippen molar-refractivity contribution >= 4 is 5.78 Å². The molecule has 1 heterocycles. The molecule has 0 bridgehead atoms. The van der Waals surface area contributed by atoms with Crippen LogP contribution in [0.1, 0.15) is 12.7 Å². The third-order valence-corrected chi connectivity index (χ3v) is 2.17. The highest BCUT2D eigenvalue weighted by molar-refractivity contribution is 5.83. The van der Waals surface area contributed by atoms with Crippen LogP contribution in [0.5, 0.6) is 0 Å². The Balaban J connectivity index is 2.65. The van der Waals surface area contributed by atoms with Gasteiger partial charge in [-0.3, -0.25) is 4.79 Å². The molecular weight excluding hydrogens is 196 g/mol. The molecule has 1 aromatic rings.